The summed E-state index contributed by atoms with van der Waals surface area (Å²) >= 11 is 0. The van der Waals surface area contributed by atoms with Gasteiger partial charge in [-0.15, -0.1) is 0 Å². The average molecular weight is 263 g/mol. The van der Waals surface area contributed by atoms with E-state index in [1.165, 1.54) is 6.92 Å². The monoisotopic (exact) mass is 263 g/mol. The molecule has 0 aliphatic rings. The molecule has 0 aromatic heterocycles. The van der Waals surface area contributed by atoms with Crippen LogP contribution in [0.15, 0.2) is 30.3 Å². The van der Waals surface area contributed by atoms with Crippen molar-refractivity contribution in [2.45, 2.75) is 20.3 Å². The molecule has 0 radical (unpaired) electrons. The lowest BCUT2D eigenvalue weighted by atomic mass is 9.81. The van der Waals surface area contributed by atoms with E-state index in [1.54, 1.807) is 37.3 Å². The second-order valence-corrected chi connectivity index (χ2v) is 4.35. The van der Waals surface area contributed by atoms with Crippen LogP contribution >= 0.6 is 0 Å². The lowest BCUT2D eigenvalue weighted by molar-refractivity contribution is -0.154. The van der Waals surface area contributed by atoms with E-state index in [1.807, 2.05) is 0 Å². The maximum Gasteiger partial charge on any atom is 0.318 e. The molecule has 1 aromatic carbocycles. The minimum Gasteiger partial charge on any atom is -0.480 e. The molecule has 0 bridgehead atoms. The van der Waals surface area contributed by atoms with Gasteiger partial charge >= 0.3 is 5.97 Å². The van der Waals surface area contributed by atoms with Crippen molar-refractivity contribution in [3.05, 3.63) is 35.9 Å². The number of nitrogens with one attached hydrogen (secondary N) is 1. The number of ketones is 1. The zero-order valence-corrected chi connectivity index (χ0v) is 11.0. The van der Waals surface area contributed by atoms with Gasteiger partial charge in [-0.1, -0.05) is 25.1 Å². The Morgan fingerprint density at radius 1 is 1.21 bits per heavy atom. The van der Waals surface area contributed by atoms with Gasteiger partial charge in [-0.25, -0.2) is 0 Å². The Morgan fingerprint density at radius 2 is 1.79 bits per heavy atom. The van der Waals surface area contributed by atoms with Crippen LogP contribution in [-0.4, -0.2) is 29.3 Å². The molecule has 19 heavy (non-hydrogen) atoms. The van der Waals surface area contributed by atoms with Crippen LogP contribution in [-0.2, 0) is 9.59 Å². The molecular weight excluding hydrogens is 246 g/mol. The van der Waals surface area contributed by atoms with Crippen molar-refractivity contribution in [3.8, 4) is 0 Å². The largest absolute Gasteiger partial charge is 0.480 e. The van der Waals surface area contributed by atoms with Crippen LogP contribution < -0.4 is 5.32 Å². The summed E-state index contributed by atoms with van der Waals surface area (Å²) in [6.07, 6.45) is 0.132. The molecule has 0 spiro atoms. The van der Waals surface area contributed by atoms with Gasteiger partial charge < -0.3 is 10.4 Å². The summed E-state index contributed by atoms with van der Waals surface area (Å²) in [7, 11) is 0. The first-order valence-electron chi connectivity index (χ1n) is 6.01. The van der Waals surface area contributed by atoms with Crippen molar-refractivity contribution >= 4 is 17.7 Å². The minimum atomic E-state index is -1.55. The number of carboxylic acids is 1. The molecular formula is C14H17NO4. The van der Waals surface area contributed by atoms with Crippen LogP contribution in [0.5, 0.6) is 0 Å². The van der Waals surface area contributed by atoms with Crippen LogP contribution in [0.4, 0.5) is 0 Å². The number of amides is 1. The molecule has 0 aliphatic carbocycles. The number of aliphatic carboxylic acids is 1. The van der Waals surface area contributed by atoms with E-state index in [-0.39, 0.29) is 18.9 Å². The summed E-state index contributed by atoms with van der Waals surface area (Å²) in [5, 5.41) is 11.7. The van der Waals surface area contributed by atoms with E-state index >= 15 is 0 Å². The predicted molar refractivity (Wildman–Crippen MR) is 69.8 cm³/mol. The maximum absolute atomic E-state index is 11.8. The van der Waals surface area contributed by atoms with E-state index in [4.69, 9.17) is 0 Å². The lowest BCUT2D eigenvalue weighted by Gasteiger charge is -2.25. The van der Waals surface area contributed by atoms with Gasteiger partial charge in [-0.05, 0) is 25.5 Å². The zero-order valence-electron chi connectivity index (χ0n) is 11.0. The lowest BCUT2D eigenvalue weighted by Crippen LogP contribution is -2.47. The zero-order chi connectivity index (χ0) is 14.5. The highest BCUT2D eigenvalue weighted by molar-refractivity contribution is 6.03. The molecule has 1 atom stereocenters. The SMILES string of the molecule is CCC(CNC(=O)c1ccccc1)(C(C)=O)C(=O)O. The van der Waals surface area contributed by atoms with Crippen LogP contribution in [0.3, 0.4) is 0 Å². The first-order valence-corrected chi connectivity index (χ1v) is 6.01. The van der Waals surface area contributed by atoms with Gasteiger partial charge in [-0.3, -0.25) is 14.4 Å². The highest BCUT2D eigenvalue weighted by Crippen LogP contribution is 2.23. The second-order valence-electron chi connectivity index (χ2n) is 4.35. The number of carboxylic acid groups (broad SMARTS) is 1. The van der Waals surface area contributed by atoms with Crippen molar-refractivity contribution in [3.63, 3.8) is 0 Å². The Bertz CT molecular complexity index is 467. The van der Waals surface area contributed by atoms with E-state index < -0.39 is 17.2 Å². The van der Waals surface area contributed by atoms with E-state index in [0.29, 0.717) is 5.56 Å². The molecule has 1 amide bonds. The molecule has 0 fully saturated rings. The molecule has 0 saturated heterocycles. The van der Waals surface area contributed by atoms with Crippen molar-refractivity contribution in [2.75, 3.05) is 6.54 Å². The normalized spacial score (nSPS) is 13.4. The van der Waals surface area contributed by atoms with Crippen LogP contribution in [0.25, 0.3) is 0 Å². The van der Waals surface area contributed by atoms with E-state index in [2.05, 4.69) is 5.32 Å². The van der Waals surface area contributed by atoms with Gasteiger partial charge in [0.2, 0.25) is 0 Å². The number of hydrogen-bond acceptors (Lipinski definition) is 3. The Hall–Kier alpha value is -2.17. The fourth-order valence-corrected chi connectivity index (χ4v) is 1.80. The number of carbonyl (C=O) groups is 3. The van der Waals surface area contributed by atoms with Crippen LogP contribution in [0, 0.1) is 5.41 Å². The standard InChI is InChI=1S/C14H17NO4/c1-3-14(10(2)16,13(18)19)9-15-12(17)11-7-5-4-6-8-11/h4-8H,3,9H2,1-2H3,(H,15,17)(H,18,19). The van der Waals surface area contributed by atoms with Crippen LogP contribution in [0.1, 0.15) is 30.6 Å². The minimum absolute atomic E-state index is 0.132. The van der Waals surface area contributed by atoms with E-state index in [0.717, 1.165) is 0 Å². The first-order chi connectivity index (χ1) is 8.94. The Morgan fingerprint density at radius 3 is 2.21 bits per heavy atom. The fourth-order valence-electron chi connectivity index (χ4n) is 1.80. The third-order valence-corrected chi connectivity index (χ3v) is 3.27. The molecule has 1 aromatic rings. The molecule has 0 aliphatic heterocycles. The van der Waals surface area contributed by atoms with Gasteiger partial charge in [-0.2, -0.15) is 0 Å². The predicted octanol–water partition coefficient (Wildman–Crippen LogP) is 1.49. The Labute approximate surface area is 111 Å². The molecule has 1 rings (SSSR count). The molecule has 2 N–H and O–H groups in total. The number of hydrogen-bond donors (Lipinski definition) is 2. The number of benzene rings is 1. The second kappa shape index (κ2) is 6.13. The average Bonchev–Trinajstić information content (AvgIpc) is 2.40. The van der Waals surface area contributed by atoms with Crippen molar-refractivity contribution in [2.24, 2.45) is 5.41 Å². The number of carbonyl (C=O) groups excluding carboxylic acids is 2. The van der Waals surface area contributed by atoms with Gasteiger partial charge in [0.1, 0.15) is 11.2 Å². The summed E-state index contributed by atoms with van der Waals surface area (Å²) in [6, 6.07) is 8.45. The number of rotatable bonds is 6. The quantitative estimate of drug-likeness (QED) is 0.761. The Kier molecular flexibility index (Phi) is 4.80. The summed E-state index contributed by atoms with van der Waals surface area (Å²) in [4.78, 5) is 34.7. The highest BCUT2D eigenvalue weighted by atomic mass is 16.4. The summed E-state index contributed by atoms with van der Waals surface area (Å²) in [6.45, 7) is 2.64. The summed E-state index contributed by atoms with van der Waals surface area (Å²) in [5.41, 5.74) is -1.12. The highest BCUT2D eigenvalue weighted by Gasteiger charge is 2.42. The van der Waals surface area contributed by atoms with E-state index in [9.17, 15) is 19.5 Å². The van der Waals surface area contributed by atoms with Crippen molar-refractivity contribution in [1.82, 2.24) is 5.32 Å². The molecule has 1 unspecified atom stereocenters. The molecule has 5 heteroatoms. The topological polar surface area (TPSA) is 83.5 Å². The molecule has 5 nitrogen and oxygen atoms in total. The van der Waals surface area contributed by atoms with Gasteiger partial charge in [0.15, 0.2) is 0 Å². The third-order valence-electron chi connectivity index (χ3n) is 3.27. The number of Topliss-reactive ketones (excluding diaryl/α,β-unsaturated/α-hetero) is 1. The van der Waals surface area contributed by atoms with Crippen molar-refractivity contribution in [1.29, 1.82) is 0 Å². The first kappa shape index (κ1) is 14.9. The smallest absolute Gasteiger partial charge is 0.318 e. The Balaban J connectivity index is 2.81. The fraction of sp³-hybridized carbons (Fsp3) is 0.357. The molecule has 0 saturated carbocycles. The van der Waals surface area contributed by atoms with Gasteiger partial charge in [0.05, 0.1) is 0 Å². The summed E-state index contributed by atoms with van der Waals surface area (Å²) in [5.74, 6) is -2.06. The van der Waals surface area contributed by atoms with Crippen LogP contribution in [0.2, 0.25) is 0 Å². The molecule has 0 heterocycles. The van der Waals surface area contributed by atoms with Crippen molar-refractivity contribution < 1.29 is 19.5 Å². The summed E-state index contributed by atoms with van der Waals surface area (Å²) < 4.78 is 0. The maximum atomic E-state index is 11.8. The van der Waals surface area contributed by atoms with Gasteiger partial charge in [0, 0.05) is 12.1 Å². The van der Waals surface area contributed by atoms with Gasteiger partial charge in [0.25, 0.3) is 5.91 Å². The molecule has 102 valence electrons. The third kappa shape index (κ3) is 3.19.